The van der Waals surface area contributed by atoms with Crippen molar-refractivity contribution in [3.63, 3.8) is 0 Å². The molecule has 0 aliphatic rings. The maximum absolute atomic E-state index is 0. The van der Waals surface area contributed by atoms with Crippen LogP contribution in [0.2, 0.25) is 0 Å². The monoisotopic (exact) mass is 434 g/mol. The zero-order valence-corrected chi connectivity index (χ0v) is 10.1. The fourth-order valence-electron chi connectivity index (χ4n) is 0. The first kappa shape index (κ1) is 241. The Morgan fingerprint density at radius 2 is 0.250 bits per heavy atom. The molecule has 0 saturated carbocycles. The van der Waals surface area contributed by atoms with Crippen LogP contribution >= 0.6 is 0 Å². The van der Waals surface area contributed by atoms with E-state index in [9.17, 15) is 0 Å². The summed E-state index contributed by atoms with van der Waals surface area (Å²) in [5, 5.41) is 0. The van der Waals surface area contributed by atoms with E-state index in [4.69, 9.17) is 0 Å². The van der Waals surface area contributed by atoms with Gasteiger partial charge < -0.3 is 0 Å². The molecule has 0 saturated heterocycles. The van der Waals surface area contributed by atoms with E-state index in [0.29, 0.717) is 0 Å². The SMILES string of the molecule is [B].[B].[B].[B].[B].[B].[W].[W]. The molecule has 0 aliphatic carbocycles. The van der Waals surface area contributed by atoms with Crippen molar-refractivity contribution in [2.24, 2.45) is 0 Å². The third kappa shape index (κ3) is 114. The van der Waals surface area contributed by atoms with Gasteiger partial charge >= 0.3 is 0 Å². The summed E-state index contributed by atoms with van der Waals surface area (Å²) in [6.07, 6.45) is 0. The van der Waals surface area contributed by atoms with Crippen LogP contribution in [0.1, 0.15) is 0 Å². The van der Waals surface area contributed by atoms with Crippen molar-refractivity contribution in [3.05, 3.63) is 0 Å². The number of rotatable bonds is 0. The van der Waals surface area contributed by atoms with Gasteiger partial charge in [0.25, 0.3) is 0 Å². The fraction of sp³-hybridized carbons (Fsp3) is 0. The van der Waals surface area contributed by atoms with Gasteiger partial charge in [-0.25, -0.2) is 0 Å². The van der Waals surface area contributed by atoms with Crippen molar-refractivity contribution in [2.45, 2.75) is 0 Å². The molecule has 0 nitrogen and oxygen atoms in total. The van der Waals surface area contributed by atoms with Gasteiger partial charge in [0, 0.05) is 92.6 Å². The molecule has 0 heterocycles. The van der Waals surface area contributed by atoms with Gasteiger partial charge in [0.05, 0.1) is 0 Å². The first-order valence-electron chi connectivity index (χ1n) is 0. The van der Waals surface area contributed by atoms with Crippen LogP contribution in [-0.4, -0.2) is 50.5 Å². The second-order valence-electron chi connectivity index (χ2n) is 0. The van der Waals surface area contributed by atoms with Gasteiger partial charge in [-0.1, -0.05) is 0 Å². The minimum Gasteiger partial charge on any atom is 0 e. The minimum absolute atomic E-state index is 0. The largest absolute Gasteiger partial charge is 0 e. The van der Waals surface area contributed by atoms with E-state index in [0.717, 1.165) is 0 Å². The van der Waals surface area contributed by atoms with Crippen LogP contribution in [0.5, 0.6) is 0 Å². The Hall–Kier alpha value is 1.77. The van der Waals surface area contributed by atoms with Crippen LogP contribution in [0, 0.1) is 0 Å². The molecular weight excluding hydrogens is 433 g/mol. The van der Waals surface area contributed by atoms with Crippen molar-refractivity contribution in [1.29, 1.82) is 0 Å². The van der Waals surface area contributed by atoms with E-state index >= 15 is 0 Å². The minimum atomic E-state index is 0. The first-order chi connectivity index (χ1) is 0. The van der Waals surface area contributed by atoms with E-state index in [2.05, 4.69) is 0 Å². The molecule has 8 heavy (non-hydrogen) atoms. The second kappa shape index (κ2) is 169. The normalized spacial score (nSPS) is 0. The molecule has 0 spiro atoms. The zero-order chi connectivity index (χ0) is 0. The topological polar surface area (TPSA) is 0 Å². The molecule has 18 radical (unpaired) electrons. The molecule has 30 valence electrons. The second-order valence-corrected chi connectivity index (χ2v) is 0. The molecular formula is B6W2. The Bertz CT molecular complexity index is 6.49. The Morgan fingerprint density at radius 1 is 0.250 bits per heavy atom. The van der Waals surface area contributed by atoms with Gasteiger partial charge in [0.1, 0.15) is 0 Å². The number of hydrogen-bond donors (Lipinski definition) is 0. The van der Waals surface area contributed by atoms with Gasteiger partial charge in [0.2, 0.25) is 0 Å². The average molecular weight is 433 g/mol. The summed E-state index contributed by atoms with van der Waals surface area (Å²) >= 11 is 0. The van der Waals surface area contributed by atoms with Gasteiger partial charge in [-0.2, -0.15) is 0 Å². The van der Waals surface area contributed by atoms with E-state index in [1.54, 1.807) is 0 Å². The molecule has 0 aromatic rings. The van der Waals surface area contributed by atoms with E-state index in [1.807, 2.05) is 0 Å². The molecule has 0 aliphatic heterocycles. The summed E-state index contributed by atoms with van der Waals surface area (Å²) in [7, 11) is 0. The van der Waals surface area contributed by atoms with Crippen LogP contribution in [0.25, 0.3) is 0 Å². The molecule has 0 aromatic heterocycles. The Balaban J connectivity index is 0. The van der Waals surface area contributed by atoms with Crippen molar-refractivity contribution >= 4 is 50.5 Å². The Kier molecular flexibility index (Phi) is 5100. The third-order valence-electron chi connectivity index (χ3n) is 0. The maximum Gasteiger partial charge on any atom is 0 e. The molecule has 0 unspecified atom stereocenters. The van der Waals surface area contributed by atoms with Crippen LogP contribution in [0.4, 0.5) is 0 Å². The molecule has 0 bridgehead atoms. The van der Waals surface area contributed by atoms with Crippen molar-refractivity contribution in [3.8, 4) is 0 Å². The summed E-state index contributed by atoms with van der Waals surface area (Å²) in [6.45, 7) is 0. The molecule has 0 atom stereocenters. The van der Waals surface area contributed by atoms with E-state index < -0.39 is 0 Å². The van der Waals surface area contributed by atoms with Crippen LogP contribution < -0.4 is 0 Å². The van der Waals surface area contributed by atoms with Crippen LogP contribution in [-0.2, 0) is 42.1 Å². The van der Waals surface area contributed by atoms with Gasteiger partial charge in [-0.05, 0) is 0 Å². The fourth-order valence-corrected chi connectivity index (χ4v) is 0. The van der Waals surface area contributed by atoms with Gasteiger partial charge in [0.15, 0.2) is 0 Å². The van der Waals surface area contributed by atoms with E-state index in [-0.39, 0.29) is 92.6 Å². The molecule has 8 heteroatoms. The summed E-state index contributed by atoms with van der Waals surface area (Å²) in [5.41, 5.74) is 0. The summed E-state index contributed by atoms with van der Waals surface area (Å²) in [6, 6.07) is 0. The number of hydrogen-bond acceptors (Lipinski definition) is 0. The summed E-state index contributed by atoms with van der Waals surface area (Å²) < 4.78 is 0. The van der Waals surface area contributed by atoms with Gasteiger partial charge in [-0.15, -0.1) is 0 Å². The summed E-state index contributed by atoms with van der Waals surface area (Å²) in [4.78, 5) is 0. The molecule has 0 N–H and O–H groups in total. The standard InChI is InChI=1S/6B.2W. The predicted molar refractivity (Wildman–Crippen MR) is 34.5 cm³/mol. The zero-order valence-electron chi connectivity index (χ0n) is 4.28. The smallest absolute Gasteiger partial charge is 0 e. The Morgan fingerprint density at radius 3 is 0.250 bits per heavy atom. The molecule has 0 amide bonds. The third-order valence-corrected chi connectivity index (χ3v) is 0. The van der Waals surface area contributed by atoms with Crippen LogP contribution in [0.15, 0.2) is 0 Å². The predicted octanol–water partition coefficient (Wildman–Crippen LogP) is -2.29. The van der Waals surface area contributed by atoms with Crippen LogP contribution in [0.3, 0.4) is 0 Å². The van der Waals surface area contributed by atoms with E-state index in [1.165, 1.54) is 0 Å². The maximum atomic E-state index is 0. The summed E-state index contributed by atoms with van der Waals surface area (Å²) in [5.74, 6) is 0. The van der Waals surface area contributed by atoms with Crippen molar-refractivity contribution < 1.29 is 42.1 Å². The van der Waals surface area contributed by atoms with Crippen molar-refractivity contribution in [1.82, 2.24) is 0 Å². The average Bonchev–Trinajstić information content (AvgIpc) is 0. The first-order valence-corrected chi connectivity index (χ1v) is 0. The van der Waals surface area contributed by atoms with Gasteiger partial charge in [-0.3, -0.25) is 0 Å². The quantitative estimate of drug-likeness (QED) is 0.378. The van der Waals surface area contributed by atoms with Crippen molar-refractivity contribution in [2.75, 3.05) is 0 Å². The Labute approximate surface area is 92.1 Å². The molecule has 0 aromatic carbocycles. The molecule has 0 fully saturated rings. The molecule has 0 rings (SSSR count).